The topological polar surface area (TPSA) is 86.3 Å². The highest BCUT2D eigenvalue weighted by Crippen LogP contribution is 2.40. The van der Waals surface area contributed by atoms with Crippen LogP contribution in [0.2, 0.25) is 0 Å². The predicted octanol–water partition coefficient (Wildman–Crippen LogP) is 2.20. The van der Waals surface area contributed by atoms with Gasteiger partial charge in [0, 0.05) is 6.04 Å². The maximum absolute atomic E-state index is 12.1. The molecule has 0 bridgehead atoms. The Morgan fingerprint density at radius 1 is 1.43 bits per heavy atom. The number of nitrogens with zero attached hydrogens (tertiary/aromatic N) is 2. The van der Waals surface area contributed by atoms with Crippen LogP contribution in [0, 0.1) is 5.92 Å². The van der Waals surface area contributed by atoms with Crippen molar-refractivity contribution in [1.29, 1.82) is 0 Å². The number of hydrogen-bond acceptors (Lipinski definition) is 5. The lowest BCUT2D eigenvalue weighted by Crippen LogP contribution is -2.42. The van der Waals surface area contributed by atoms with Gasteiger partial charge in [0.25, 0.3) is 5.56 Å². The number of aromatic nitrogens is 2. The van der Waals surface area contributed by atoms with Crippen LogP contribution in [0.1, 0.15) is 37.9 Å². The molecule has 2 aromatic heterocycles. The number of nitrogens with one attached hydrogen (secondary N) is 1. The fourth-order valence-corrected chi connectivity index (χ4v) is 4.92. The average molecular weight is 333 g/mol. The molecule has 3 heterocycles. The summed E-state index contributed by atoms with van der Waals surface area (Å²) in [5.41, 5.74) is 0.561. The standard InChI is InChI=1S/C16H19N3O3S/c20-15-14-10(5-6-23-14)17-13(18-15)8-19-11-4-2-1-3-9(11)7-12(19)16(21)22/h5-6,9,11-12H,1-4,7-8H2,(H,21,22)(H,17,18,20)/t9-,11-,12-/m0/s1. The lowest BCUT2D eigenvalue weighted by atomic mass is 9.85. The molecule has 1 aliphatic carbocycles. The van der Waals surface area contributed by atoms with Gasteiger partial charge >= 0.3 is 5.97 Å². The maximum atomic E-state index is 12.1. The zero-order chi connectivity index (χ0) is 16.0. The molecule has 0 spiro atoms. The average Bonchev–Trinajstić information content (AvgIpc) is 3.13. The molecule has 23 heavy (non-hydrogen) atoms. The first-order chi connectivity index (χ1) is 11.1. The number of H-pyrrole nitrogens is 1. The van der Waals surface area contributed by atoms with Gasteiger partial charge in [0.15, 0.2) is 0 Å². The van der Waals surface area contributed by atoms with Crippen LogP contribution in [-0.4, -0.2) is 38.0 Å². The van der Waals surface area contributed by atoms with Crippen LogP contribution in [-0.2, 0) is 11.3 Å². The van der Waals surface area contributed by atoms with E-state index >= 15 is 0 Å². The van der Waals surface area contributed by atoms with Gasteiger partial charge in [-0.3, -0.25) is 14.5 Å². The minimum Gasteiger partial charge on any atom is -0.480 e. The lowest BCUT2D eigenvalue weighted by molar-refractivity contribution is -0.142. The highest BCUT2D eigenvalue weighted by molar-refractivity contribution is 7.17. The minimum atomic E-state index is -0.765. The molecule has 0 unspecified atom stereocenters. The van der Waals surface area contributed by atoms with Gasteiger partial charge in [0.2, 0.25) is 0 Å². The summed E-state index contributed by atoms with van der Waals surface area (Å²) in [4.78, 5) is 33.1. The number of hydrogen-bond donors (Lipinski definition) is 2. The Kier molecular flexibility index (Phi) is 3.69. The number of aliphatic carboxylic acids is 1. The fourth-order valence-electron chi connectivity index (χ4n) is 4.19. The predicted molar refractivity (Wildman–Crippen MR) is 87.6 cm³/mol. The van der Waals surface area contributed by atoms with Crippen molar-refractivity contribution in [3.8, 4) is 0 Å². The van der Waals surface area contributed by atoms with Crippen molar-refractivity contribution < 1.29 is 9.90 Å². The van der Waals surface area contributed by atoms with Crippen LogP contribution in [0.5, 0.6) is 0 Å². The molecule has 1 saturated carbocycles. The van der Waals surface area contributed by atoms with Crippen LogP contribution in [0.3, 0.4) is 0 Å². The number of thiophene rings is 1. The first-order valence-corrected chi connectivity index (χ1v) is 8.96. The van der Waals surface area contributed by atoms with E-state index in [1.807, 2.05) is 16.3 Å². The first-order valence-electron chi connectivity index (χ1n) is 8.08. The van der Waals surface area contributed by atoms with Gasteiger partial charge in [-0.2, -0.15) is 0 Å². The second-order valence-corrected chi connectivity index (χ2v) is 7.44. The van der Waals surface area contributed by atoms with Crippen LogP contribution in [0.25, 0.3) is 10.2 Å². The molecule has 4 rings (SSSR count). The minimum absolute atomic E-state index is 0.133. The third-order valence-electron chi connectivity index (χ3n) is 5.20. The van der Waals surface area contributed by atoms with E-state index in [9.17, 15) is 14.7 Å². The van der Waals surface area contributed by atoms with Crippen molar-refractivity contribution in [3.05, 3.63) is 27.6 Å². The van der Waals surface area contributed by atoms with Gasteiger partial charge in [-0.05, 0) is 36.6 Å². The molecule has 7 heteroatoms. The summed E-state index contributed by atoms with van der Waals surface area (Å²) in [5.74, 6) is 0.262. The van der Waals surface area contributed by atoms with Gasteiger partial charge < -0.3 is 10.1 Å². The molecule has 2 aromatic rings. The van der Waals surface area contributed by atoms with Crippen molar-refractivity contribution in [2.45, 2.75) is 50.7 Å². The highest BCUT2D eigenvalue weighted by atomic mass is 32.1. The molecule has 0 aromatic carbocycles. The van der Waals surface area contributed by atoms with Crippen LogP contribution < -0.4 is 5.56 Å². The molecular weight excluding hydrogens is 314 g/mol. The monoisotopic (exact) mass is 333 g/mol. The van der Waals surface area contributed by atoms with Gasteiger partial charge in [0.05, 0.1) is 12.1 Å². The van der Waals surface area contributed by atoms with Gasteiger partial charge in [-0.15, -0.1) is 11.3 Å². The van der Waals surface area contributed by atoms with Crippen molar-refractivity contribution in [2.24, 2.45) is 5.92 Å². The molecule has 2 N–H and O–H groups in total. The van der Waals surface area contributed by atoms with E-state index in [4.69, 9.17) is 0 Å². The van der Waals surface area contributed by atoms with Gasteiger partial charge in [0.1, 0.15) is 16.6 Å². The summed E-state index contributed by atoms with van der Waals surface area (Å²) in [5, 5.41) is 11.4. The molecule has 0 radical (unpaired) electrons. The molecule has 2 fully saturated rings. The smallest absolute Gasteiger partial charge is 0.320 e. The fraction of sp³-hybridized carbons (Fsp3) is 0.562. The number of carboxylic acids is 1. The molecule has 2 aliphatic rings. The normalized spacial score (nSPS) is 28.1. The van der Waals surface area contributed by atoms with E-state index in [0.29, 0.717) is 41.0 Å². The van der Waals surface area contributed by atoms with Gasteiger partial charge in [-0.25, -0.2) is 4.98 Å². The van der Waals surface area contributed by atoms with E-state index in [-0.39, 0.29) is 5.56 Å². The second-order valence-electron chi connectivity index (χ2n) is 6.52. The Morgan fingerprint density at radius 3 is 3.09 bits per heavy atom. The molecule has 1 saturated heterocycles. The molecular formula is C16H19N3O3S. The van der Waals surface area contributed by atoms with E-state index in [2.05, 4.69) is 9.97 Å². The van der Waals surface area contributed by atoms with Crippen LogP contribution >= 0.6 is 11.3 Å². The second kappa shape index (κ2) is 5.72. The molecule has 3 atom stereocenters. The van der Waals surface area contributed by atoms with Crippen molar-refractivity contribution in [1.82, 2.24) is 14.9 Å². The SMILES string of the molecule is O=C(O)[C@@H]1C[C@@H]2CCCC[C@@H]2N1Cc1nc2ccsc2c(=O)[nH]1. The number of likely N-dealkylation sites (tertiary alicyclic amines) is 1. The van der Waals surface area contributed by atoms with E-state index in [1.54, 1.807) is 0 Å². The van der Waals surface area contributed by atoms with E-state index in [1.165, 1.54) is 17.8 Å². The zero-order valence-electron chi connectivity index (χ0n) is 12.7. The molecule has 1 aliphatic heterocycles. The van der Waals surface area contributed by atoms with Crippen molar-refractivity contribution in [3.63, 3.8) is 0 Å². The lowest BCUT2D eigenvalue weighted by Gasteiger charge is -2.32. The molecule has 6 nitrogen and oxygen atoms in total. The number of carboxylic acid groups (broad SMARTS) is 1. The van der Waals surface area contributed by atoms with Crippen LogP contribution in [0.15, 0.2) is 16.2 Å². The number of carbonyl (C=O) groups is 1. The Hall–Kier alpha value is -1.73. The van der Waals surface area contributed by atoms with Gasteiger partial charge in [-0.1, -0.05) is 12.8 Å². The maximum Gasteiger partial charge on any atom is 0.320 e. The number of rotatable bonds is 3. The quantitative estimate of drug-likeness (QED) is 0.899. The Balaban J connectivity index is 1.66. The molecule has 0 amide bonds. The first kappa shape index (κ1) is 14.8. The van der Waals surface area contributed by atoms with Crippen LogP contribution in [0.4, 0.5) is 0 Å². The summed E-state index contributed by atoms with van der Waals surface area (Å²) < 4.78 is 0.625. The van der Waals surface area contributed by atoms with E-state index < -0.39 is 12.0 Å². The molecule has 122 valence electrons. The summed E-state index contributed by atoms with van der Waals surface area (Å²) in [6.07, 6.45) is 5.21. The Bertz CT molecular complexity index is 799. The largest absolute Gasteiger partial charge is 0.480 e. The zero-order valence-corrected chi connectivity index (χ0v) is 13.5. The third-order valence-corrected chi connectivity index (χ3v) is 6.10. The summed E-state index contributed by atoms with van der Waals surface area (Å²) in [6, 6.07) is 1.67. The Morgan fingerprint density at radius 2 is 2.26 bits per heavy atom. The summed E-state index contributed by atoms with van der Waals surface area (Å²) in [7, 11) is 0. The highest BCUT2D eigenvalue weighted by Gasteiger charge is 2.45. The van der Waals surface area contributed by atoms with E-state index in [0.717, 1.165) is 19.3 Å². The Labute approximate surface area is 137 Å². The number of aromatic amines is 1. The van der Waals surface area contributed by atoms with Crippen molar-refractivity contribution in [2.75, 3.05) is 0 Å². The number of fused-ring (bicyclic) bond motifs is 2. The summed E-state index contributed by atoms with van der Waals surface area (Å²) >= 11 is 1.38. The van der Waals surface area contributed by atoms with Crippen molar-refractivity contribution >= 4 is 27.5 Å². The summed E-state index contributed by atoms with van der Waals surface area (Å²) in [6.45, 7) is 0.402. The third kappa shape index (κ3) is 2.57.